The standard InChI is InChI=1S/C21H19BrN6O/c1-12(29)28-7-5-13(6-8-28)20-16(10-24)18(17-11-25-27-21(17)26-20)15-4-2-3-14(9-23)19(15)22/h2-4,11,13,16,18H,5-8H2,1H3,(H,25,27). The second-order valence-corrected chi connectivity index (χ2v) is 8.19. The summed E-state index contributed by atoms with van der Waals surface area (Å²) in [7, 11) is 0. The zero-order valence-corrected chi connectivity index (χ0v) is 17.5. The molecule has 0 saturated carbocycles. The van der Waals surface area contributed by atoms with E-state index in [4.69, 9.17) is 4.99 Å². The van der Waals surface area contributed by atoms with E-state index in [9.17, 15) is 15.3 Å². The molecule has 4 rings (SSSR count). The van der Waals surface area contributed by atoms with Crippen molar-refractivity contribution in [1.29, 1.82) is 10.5 Å². The van der Waals surface area contributed by atoms with Crippen LogP contribution in [0.5, 0.6) is 0 Å². The van der Waals surface area contributed by atoms with E-state index in [1.165, 1.54) is 0 Å². The summed E-state index contributed by atoms with van der Waals surface area (Å²) in [6.07, 6.45) is 3.28. The zero-order chi connectivity index (χ0) is 20.5. The van der Waals surface area contributed by atoms with Crippen LogP contribution in [-0.2, 0) is 4.79 Å². The van der Waals surface area contributed by atoms with Crippen LogP contribution in [0.25, 0.3) is 0 Å². The Labute approximate surface area is 177 Å². The summed E-state index contributed by atoms with van der Waals surface area (Å²) in [5.41, 5.74) is 3.11. The van der Waals surface area contributed by atoms with Crippen molar-refractivity contribution in [1.82, 2.24) is 15.1 Å². The molecule has 8 heteroatoms. The van der Waals surface area contributed by atoms with Crippen LogP contribution in [0.3, 0.4) is 0 Å². The van der Waals surface area contributed by atoms with Crippen molar-refractivity contribution in [3.63, 3.8) is 0 Å². The van der Waals surface area contributed by atoms with Crippen molar-refractivity contribution < 1.29 is 4.79 Å². The fraction of sp³-hybridized carbons (Fsp3) is 0.381. The van der Waals surface area contributed by atoms with Crippen molar-refractivity contribution in [3.8, 4) is 12.1 Å². The summed E-state index contributed by atoms with van der Waals surface area (Å²) in [4.78, 5) is 18.3. The van der Waals surface area contributed by atoms with Gasteiger partial charge in [0.2, 0.25) is 5.91 Å². The molecule has 2 aliphatic heterocycles. The minimum atomic E-state index is -0.459. The predicted molar refractivity (Wildman–Crippen MR) is 110 cm³/mol. The summed E-state index contributed by atoms with van der Waals surface area (Å²) < 4.78 is 0.701. The van der Waals surface area contributed by atoms with Crippen LogP contribution in [-0.4, -0.2) is 39.8 Å². The first-order chi connectivity index (χ1) is 14.0. The van der Waals surface area contributed by atoms with Crippen LogP contribution in [0.4, 0.5) is 5.82 Å². The van der Waals surface area contributed by atoms with Crippen LogP contribution in [0, 0.1) is 34.5 Å². The molecule has 3 heterocycles. The van der Waals surface area contributed by atoms with Gasteiger partial charge in [0.15, 0.2) is 5.82 Å². The van der Waals surface area contributed by atoms with E-state index in [-0.39, 0.29) is 17.7 Å². The van der Waals surface area contributed by atoms with Gasteiger partial charge in [-0.1, -0.05) is 12.1 Å². The van der Waals surface area contributed by atoms with Gasteiger partial charge in [-0.2, -0.15) is 15.6 Å². The number of fused-ring (bicyclic) bond motifs is 1. The molecule has 1 N–H and O–H groups in total. The van der Waals surface area contributed by atoms with Crippen LogP contribution in [0.1, 0.15) is 42.4 Å². The third-order valence-electron chi connectivity index (χ3n) is 5.86. The van der Waals surface area contributed by atoms with Gasteiger partial charge < -0.3 is 4.90 Å². The predicted octanol–water partition coefficient (Wildman–Crippen LogP) is 3.66. The topological polar surface area (TPSA) is 109 Å². The number of benzene rings is 1. The number of amides is 1. The van der Waals surface area contributed by atoms with E-state index in [0.29, 0.717) is 28.9 Å². The smallest absolute Gasteiger partial charge is 0.219 e. The highest BCUT2D eigenvalue weighted by Crippen LogP contribution is 2.46. The van der Waals surface area contributed by atoms with Crippen LogP contribution in [0.2, 0.25) is 0 Å². The summed E-state index contributed by atoms with van der Waals surface area (Å²) in [5.74, 6) is 0.151. The van der Waals surface area contributed by atoms with Gasteiger partial charge in [0.1, 0.15) is 6.07 Å². The maximum Gasteiger partial charge on any atom is 0.219 e. The van der Waals surface area contributed by atoms with Crippen molar-refractivity contribution in [2.24, 2.45) is 16.8 Å². The average molecular weight is 451 g/mol. The van der Waals surface area contributed by atoms with E-state index in [1.54, 1.807) is 19.2 Å². The largest absolute Gasteiger partial charge is 0.343 e. The fourth-order valence-electron chi connectivity index (χ4n) is 4.35. The highest BCUT2D eigenvalue weighted by atomic mass is 79.9. The number of halogens is 1. The lowest BCUT2D eigenvalue weighted by Gasteiger charge is -2.36. The van der Waals surface area contributed by atoms with Crippen molar-refractivity contribution in [2.75, 3.05) is 13.1 Å². The molecule has 7 nitrogen and oxygen atoms in total. The first-order valence-electron chi connectivity index (χ1n) is 9.50. The molecule has 2 aliphatic rings. The number of rotatable bonds is 2. The lowest BCUT2D eigenvalue weighted by Crippen LogP contribution is -2.41. The third kappa shape index (κ3) is 3.34. The van der Waals surface area contributed by atoms with Gasteiger partial charge in [-0.15, -0.1) is 0 Å². The van der Waals surface area contributed by atoms with Crippen LogP contribution >= 0.6 is 15.9 Å². The third-order valence-corrected chi connectivity index (χ3v) is 6.74. The van der Waals surface area contributed by atoms with E-state index in [0.717, 1.165) is 29.7 Å². The number of hydrogen-bond donors (Lipinski definition) is 1. The number of nitrogens with zero attached hydrogens (tertiary/aromatic N) is 5. The van der Waals surface area contributed by atoms with E-state index >= 15 is 0 Å². The molecule has 2 aromatic rings. The Kier molecular flexibility index (Phi) is 5.21. The number of H-pyrrole nitrogens is 1. The van der Waals surface area contributed by atoms with Gasteiger partial charge in [-0.05, 0) is 40.4 Å². The molecule has 2 unspecified atom stereocenters. The Morgan fingerprint density at radius 3 is 2.69 bits per heavy atom. The van der Waals surface area contributed by atoms with Crippen molar-refractivity contribution in [3.05, 3.63) is 45.6 Å². The first kappa shape index (κ1) is 19.4. The monoisotopic (exact) mass is 450 g/mol. The van der Waals surface area contributed by atoms with Gasteiger partial charge in [0.05, 0.1) is 23.7 Å². The Hall–Kier alpha value is -2.97. The molecule has 0 radical (unpaired) electrons. The summed E-state index contributed by atoms with van der Waals surface area (Å²) in [5, 5.41) is 26.7. The number of aliphatic imine (C=N–C) groups is 1. The first-order valence-corrected chi connectivity index (χ1v) is 10.3. The number of nitrogens with one attached hydrogen (secondary N) is 1. The molecule has 146 valence electrons. The highest BCUT2D eigenvalue weighted by molar-refractivity contribution is 9.10. The minimum absolute atomic E-state index is 0.0804. The SMILES string of the molecule is CC(=O)N1CCC(C2=Nc3[nH]ncc3C(c3cccc(C#N)c3Br)C2C#N)CC1. The summed E-state index contributed by atoms with van der Waals surface area (Å²) in [6.45, 7) is 2.93. The molecular formula is C21H19BrN6O. The van der Waals surface area contributed by atoms with Crippen LogP contribution in [0.15, 0.2) is 33.9 Å². The molecule has 29 heavy (non-hydrogen) atoms. The Morgan fingerprint density at radius 1 is 1.28 bits per heavy atom. The van der Waals surface area contributed by atoms with Crippen LogP contribution < -0.4 is 0 Å². The van der Waals surface area contributed by atoms with Gasteiger partial charge in [-0.3, -0.25) is 9.89 Å². The lowest BCUT2D eigenvalue weighted by atomic mass is 9.73. The molecule has 1 aromatic carbocycles. The molecule has 0 spiro atoms. The molecule has 0 bridgehead atoms. The molecular weight excluding hydrogens is 432 g/mol. The number of carbonyl (C=O) groups is 1. The fourth-order valence-corrected chi connectivity index (χ4v) is 4.95. The maximum atomic E-state index is 11.7. The quantitative estimate of drug-likeness (QED) is 0.752. The highest BCUT2D eigenvalue weighted by Gasteiger charge is 2.40. The maximum absolute atomic E-state index is 11.7. The number of aromatic nitrogens is 2. The van der Waals surface area contributed by atoms with Gasteiger partial charge in [0.25, 0.3) is 0 Å². The van der Waals surface area contributed by atoms with Crippen molar-refractivity contribution >= 4 is 33.4 Å². The number of nitriles is 2. The normalized spacial score (nSPS) is 21.7. The number of carbonyl (C=O) groups excluding carboxylic acids is 1. The molecule has 1 saturated heterocycles. The number of aromatic amines is 1. The summed E-state index contributed by atoms with van der Waals surface area (Å²) in [6, 6.07) is 10.2. The Morgan fingerprint density at radius 2 is 2.03 bits per heavy atom. The molecule has 1 amide bonds. The number of likely N-dealkylation sites (tertiary alicyclic amines) is 1. The van der Waals surface area contributed by atoms with Crippen molar-refractivity contribution in [2.45, 2.75) is 25.7 Å². The number of hydrogen-bond acceptors (Lipinski definition) is 5. The van der Waals surface area contributed by atoms with E-state index in [2.05, 4.69) is 38.3 Å². The zero-order valence-electron chi connectivity index (χ0n) is 15.9. The molecule has 0 aliphatic carbocycles. The van der Waals surface area contributed by atoms with Gasteiger partial charge >= 0.3 is 0 Å². The number of piperidine rings is 1. The molecule has 1 aromatic heterocycles. The second kappa shape index (κ2) is 7.81. The Balaban J connectivity index is 1.76. The minimum Gasteiger partial charge on any atom is -0.343 e. The molecule has 1 fully saturated rings. The lowest BCUT2D eigenvalue weighted by molar-refractivity contribution is -0.129. The Bertz CT molecular complexity index is 1070. The van der Waals surface area contributed by atoms with E-state index in [1.807, 2.05) is 17.0 Å². The van der Waals surface area contributed by atoms with Gasteiger partial charge in [0, 0.05) is 47.6 Å². The molecule has 2 atom stereocenters. The second-order valence-electron chi connectivity index (χ2n) is 7.40. The average Bonchev–Trinajstić information content (AvgIpc) is 3.21. The van der Waals surface area contributed by atoms with Gasteiger partial charge in [-0.25, -0.2) is 4.99 Å². The summed E-state index contributed by atoms with van der Waals surface area (Å²) >= 11 is 3.57. The van der Waals surface area contributed by atoms with E-state index < -0.39 is 5.92 Å².